The van der Waals surface area contributed by atoms with E-state index in [-0.39, 0.29) is 6.79 Å². The highest BCUT2D eigenvalue weighted by atomic mass is 16.7. The molecule has 2 aliphatic rings. The van der Waals surface area contributed by atoms with Crippen molar-refractivity contribution in [2.45, 2.75) is 25.2 Å². The van der Waals surface area contributed by atoms with Gasteiger partial charge in [-0.1, -0.05) is 37.3 Å². The van der Waals surface area contributed by atoms with Crippen LogP contribution in [0.1, 0.15) is 57.8 Å². The number of esters is 1. The summed E-state index contributed by atoms with van der Waals surface area (Å²) < 4.78 is 27.7. The van der Waals surface area contributed by atoms with E-state index in [2.05, 4.69) is 0 Å². The van der Waals surface area contributed by atoms with E-state index >= 15 is 0 Å². The summed E-state index contributed by atoms with van der Waals surface area (Å²) in [6, 6.07) is 24.0. The number of ether oxygens (including phenoxy) is 5. The minimum atomic E-state index is -1.18. The van der Waals surface area contributed by atoms with Crippen LogP contribution in [0.15, 0.2) is 78.9 Å². The van der Waals surface area contributed by atoms with E-state index in [9.17, 15) is 14.7 Å². The van der Waals surface area contributed by atoms with Crippen LogP contribution in [-0.2, 0) is 9.53 Å². The first kappa shape index (κ1) is 28.2. The first-order valence-corrected chi connectivity index (χ1v) is 14.2. The molecule has 43 heavy (non-hydrogen) atoms. The zero-order valence-electron chi connectivity index (χ0n) is 24.1. The number of hydrogen-bond acceptors (Lipinski definition) is 8. The van der Waals surface area contributed by atoms with Crippen LogP contribution in [0.2, 0.25) is 0 Å². The van der Waals surface area contributed by atoms with Crippen molar-refractivity contribution in [3.05, 3.63) is 107 Å². The molecule has 220 valence electrons. The van der Waals surface area contributed by atoms with Crippen molar-refractivity contribution < 1.29 is 38.4 Å². The summed E-state index contributed by atoms with van der Waals surface area (Å²) in [4.78, 5) is 25.6. The largest absolute Gasteiger partial charge is 0.550 e. The second-order valence-electron chi connectivity index (χ2n) is 10.6. The number of rotatable bonds is 9. The van der Waals surface area contributed by atoms with Crippen molar-refractivity contribution >= 4 is 11.9 Å². The Bertz CT molecular complexity index is 1690. The maximum atomic E-state index is 13.2. The summed E-state index contributed by atoms with van der Waals surface area (Å²) in [5.74, 6) is -1.29. The Labute approximate surface area is 249 Å². The Morgan fingerprint density at radius 2 is 1.63 bits per heavy atom. The van der Waals surface area contributed by atoms with Crippen molar-refractivity contribution in [2.24, 2.45) is 5.92 Å². The quantitative estimate of drug-likeness (QED) is 0.246. The minimum Gasteiger partial charge on any atom is -0.550 e. The highest BCUT2D eigenvalue weighted by molar-refractivity contribution is 5.91. The minimum absolute atomic E-state index is 0.116. The molecule has 3 atom stereocenters. The Kier molecular flexibility index (Phi) is 7.67. The number of aliphatic carboxylic acids is 1. The smallest absolute Gasteiger partial charge is 0.337 e. The number of carbonyl (C=O) groups excluding carboxylic acids is 2. The number of fused-ring (bicyclic) bond motifs is 2. The van der Waals surface area contributed by atoms with Gasteiger partial charge in [-0.15, -0.1) is 0 Å². The van der Waals surface area contributed by atoms with Crippen molar-refractivity contribution in [3.63, 3.8) is 0 Å². The van der Waals surface area contributed by atoms with Gasteiger partial charge in [-0.25, -0.2) is 4.79 Å². The second kappa shape index (κ2) is 11.7. The van der Waals surface area contributed by atoms with Gasteiger partial charge in [-0.3, -0.25) is 0 Å². The van der Waals surface area contributed by atoms with Crippen molar-refractivity contribution in [1.29, 1.82) is 0 Å². The van der Waals surface area contributed by atoms with Crippen LogP contribution in [0, 0.1) is 5.92 Å². The molecule has 6 rings (SSSR count). The van der Waals surface area contributed by atoms with Crippen molar-refractivity contribution in [3.8, 4) is 34.1 Å². The number of methoxy groups -OCH3 is 2. The fourth-order valence-electron chi connectivity index (χ4n) is 6.24. The van der Waals surface area contributed by atoms with Crippen LogP contribution in [0.25, 0.3) is 11.1 Å². The standard InChI is InChI=1S/C35H32O8/c1-4-14-41-24-10-12-26-28(18-24)32(33(34(36)37)31(26)21-8-13-29-30(16-21)43-19-42-29)25-11-9-23(39-2)17-27(25)20-6-5-7-22(15-20)35(38)40-3/h5-13,15-18,31-33H,4,14,19H2,1-3H3,(H,36,37)/p-1. The molecule has 0 N–H and O–H groups in total. The van der Waals surface area contributed by atoms with Gasteiger partial charge >= 0.3 is 5.97 Å². The third kappa shape index (κ3) is 5.14. The number of benzene rings is 4. The molecular formula is C35H31O8-. The normalized spacial score (nSPS) is 18.2. The first-order valence-electron chi connectivity index (χ1n) is 14.2. The summed E-state index contributed by atoms with van der Waals surface area (Å²) in [5.41, 5.74) is 5.08. The molecule has 1 aliphatic heterocycles. The Morgan fingerprint density at radius 3 is 2.40 bits per heavy atom. The van der Waals surface area contributed by atoms with Crippen LogP contribution in [0.3, 0.4) is 0 Å². The van der Waals surface area contributed by atoms with Crippen LogP contribution in [-0.4, -0.2) is 39.6 Å². The molecule has 0 saturated carbocycles. The lowest BCUT2D eigenvalue weighted by molar-refractivity contribution is -0.312. The van der Waals surface area contributed by atoms with Gasteiger partial charge in [0, 0.05) is 23.7 Å². The van der Waals surface area contributed by atoms with E-state index in [1.807, 2.05) is 67.6 Å². The number of carboxylic acid groups (broad SMARTS) is 1. The average molecular weight is 580 g/mol. The van der Waals surface area contributed by atoms with E-state index in [0.29, 0.717) is 35.2 Å². The fourth-order valence-corrected chi connectivity index (χ4v) is 6.24. The Hall–Kier alpha value is -4.98. The zero-order valence-corrected chi connectivity index (χ0v) is 24.1. The Morgan fingerprint density at radius 1 is 0.837 bits per heavy atom. The second-order valence-corrected chi connectivity index (χ2v) is 10.6. The van der Waals surface area contributed by atoms with Crippen LogP contribution in [0.5, 0.6) is 23.0 Å². The molecule has 1 heterocycles. The van der Waals surface area contributed by atoms with Gasteiger partial charge in [0.1, 0.15) is 11.5 Å². The van der Waals surface area contributed by atoms with E-state index in [0.717, 1.165) is 39.8 Å². The van der Waals surface area contributed by atoms with E-state index in [1.54, 1.807) is 25.3 Å². The van der Waals surface area contributed by atoms with Crippen LogP contribution < -0.4 is 24.1 Å². The van der Waals surface area contributed by atoms with Gasteiger partial charge in [-0.05, 0) is 88.3 Å². The van der Waals surface area contributed by atoms with E-state index < -0.39 is 29.7 Å². The highest BCUT2D eigenvalue weighted by Gasteiger charge is 2.44. The molecule has 0 amide bonds. The molecule has 0 bridgehead atoms. The maximum absolute atomic E-state index is 13.2. The highest BCUT2D eigenvalue weighted by Crippen LogP contribution is 2.55. The Balaban J connectivity index is 1.57. The predicted molar refractivity (Wildman–Crippen MR) is 157 cm³/mol. The number of hydrogen-bond donors (Lipinski definition) is 0. The summed E-state index contributed by atoms with van der Waals surface area (Å²) in [7, 11) is 2.91. The van der Waals surface area contributed by atoms with E-state index in [1.165, 1.54) is 7.11 Å². The summed E-state index contributed by atoms with van der Waals surface area (Å²) >= 11 is 0. The molecule has 8 nitrogen and oxygen atoms in total. The predicted octanol–water partition coefficient (Wildman–Crippen LogP) is 5.31. The summed E-state index contributed by atoms with van der Waals surface area (Å²) in [6.07, 6.45) is 0.834. The molecular weight excluding hydrogens is 548 g/mol. The maximum Gasteiger partial charge on any atom is 0.337 e. The topological polar surface area (TPSA) is 103 Å². The summed E-state index contributed by atoms with van der Waals surface area (Å²) in [6.45, 7) is 2.68. The number of carbonyl (C=O) groups is 2. The van der Waals surface area contributed by atoms with Gasteiger partial charge < -0.3 is 33.6 Å². The lowest BCUT2D eigenvalue weighted by Gasteiger charge is -2.29. The van der Waals surface area contributed by atoms with Gasteiger partial charge in [-0.2, -0.15) is 0 Å². The molecule has 0 fully saturated rings. The molecule has 3 unspecified atom stereocenters. The number of carboxylic acids is 1. The lowest BCUT2D eigenvalue weighted by Crippen LogP contribution is -2.36. The van der Waals surface area contributed by atoms with E-state index in [4.69, 9.17) is 23.7 Å². The molecule has 0 radical (unpaired) electrons. The van der Waals surface area contributed by atoms with Gasteiger partial charge in [0.05, 0.1) is 26.4 Å². The fraction of sp³-hybridized carbons (Fsp3) is 0.257. The van der Waals surface area contributed by atoms with Crippen LogP contribution >= 0.6 is 0 Å². The van der Waals surface area contributed by atoms with Gasteiger partial charge in [0.15, 0.2) is 11.5 Å². The molecule has 1 aliphatic carbocycles. The van der Waals surface area contributed by atoms with Crippen molar-refractivity contribution in [1.82, 2.24) is 0 Å². The van der Waals surface area contributed by atoms with Crippen molar-refractivity contribution in [2.75, 3.05) is 27.6 Å². The third-order valence-electron chi connectivity index (χ3n) is 8.14. The molecule has 4 aromatic rings. The third-order valence-corrected chi connectivity index (χ3v) is 8.14. The molecule has 0 saturated heterocycles. The van der Waals surface area contributed by atoms with Gasteiger partial charge in [0.2, 0.25) is 6.79 Å². The zero-order chi connectivity index (χ0) is 30.1. The monoisotopic (exact) mass is 579 g/mol. The van der Waals surface area contributed by atoms with Gasteiger partial charge in [0.25, 0.3) is 0 Å². The molecule has 8 heteroatoms. The molecule has 0 spiro atoms. The lowest BCUT2D eigenvalue weighted by atomic mass is 9.77. The summed E-state index contributed by atoms with van der Waals surface area (Å²) in [5, 5.41) is 13.2. The van der Waals surface area contributed by atoms with Crippen LogP contribution in [0.4, 0.5) is 0 Å². The molecule has 0 aromatic heterocycles. The first-order chi connectivity index (χ1) is 20.9. The average Bonchev–Trinajstić information content (AvgIpc) is 3.65. The molecule has 4 aromatic carbocycles. The SMILES string of the molecule is CCCOc1ccc2c(c1)C(c1ccc(OC)cc1-c1cccc(C(=O)OC)c1)C(C(=O)[O-])C2c1ccc2c(c1)OCO2.